The molecular weight excluding hydrogens is 282 g/mol. The average Bonchev–Trinajstić information content (AvgIpc) is 2.63. The number of anilines is 1. The van der Waals surface area contributed by atoms with Crippen LogP contribution in [0.4, 0.5) is 5.69 Å². The first kappa shape index (κ1) is 14.8. The van der Waals surface area contributed by atoms with Gasteiger partial charge in [0.25, 0.3) is 0 Å². The second-order valence-corrected chi connectivity index (χ2v) is 6.85. The molecule has 0 radical (unpaired) electrons. The number of sulfone groups is 1. The summed E-state index contributed by atoms with van der Waals surface area (Å²) in [4.78, 5) is 11.6. The summed E-state index contributed by atoms with van der Waals surface area (Å²) in [5.41, 5.74) is 0.962. The van der Waals surface area contributed by atoms with Gasteiger partial charge in [-0.3, -0.25) is 0 Å². The Morgan fingerprint density at radius 2 is 2.20 bits per heavy atom. The number of aliphatic hydroxyl groups excluding tert-OH is 1. The summed E-state index contributed by atoms with van der Waals surface area (Å²) in [5, 5.41) is 12.7. The van der Waals surface area contributed by atoms with Crippen molar-refractivity contribution in [1.29, 1.82) is 0 Å². The van der Waals surface area contributed by atoms with E-state index in [-0.39, 0.29) is 18.1 Å². The normalized spacial score (nSPS) is 24.3. The lowest BCUT2D eigenvalue weighted by molar-refractivity contribution is 0.0526. The van der Waals surface area contributed by atoms with Crippen LogP contribution in [0.5, 0.6) is 0 Å². The zero-order valence-corrected chi connectivity index (χ0v) is 11.9. The Bertz CT molecular complexity index is 599. The number of ether oxygens (including phenoxy) is 1. The van der Waals surface area contributed by atoms with E-state index in [1.54, 1.807) is 31.2 Å². The van der Waals surface area contributed by atoms with Crippen molar-refractivity contribution in [2.75, 3.05) is 23.4 Å². The molecule has 1 fully saturated rings. The van der Waals surface area contributed by atoms with Crippen LogP contribution < -0.4 is 5.32 Å². The molecule has 1 aromatic carbocycles. The van der Waals surface area contributed by atoms with Crippen molar-refractivity contribution in [2.24, 2.45) is 0 Å². The lowest BCUT2D eigenvalue weighted by Gasteiger charge is -2.16. The van der Waals surface area contributed by atoms with Crippen molar-refractivity contribution in [3.8, 4) is 0 Å². The van der Waals surface area contributed by atoms with Gasteiger partial charge < -0.3 is 15.2 Å². The smallest absolute Gasteiger partial charge is 0.338 e. The first-order valence-electron chi connectivity index (χ1n) is 6.33. The molecule has 1 heterocycles. The molecule has 0 saturated carbocycles. The molecule has 0 spiro atoms. The van der Waals surface area contributed by atoms with Gasteiger partial charge in [-0.1, -0.05) is 6.07 Å². The van der Waals surface area contributed by atoms with Gasteiger partial charge in [0.15, 0.2) is 9.84 Å². The van der Waals surface area contributed by atoms with Crippen LogP contribution >= 0.6 is 0 Å². The van der Waals surface area contributed by atoms with E-state index < -0.39 is 28.0 Å². The topological polar surface area (TPSA) is 92.7 Å². The van der Waals surface area contributed by atoms with Crippen LogP contribution in [-0.2, 0) is 14.6 Å². The maximum atomic E-state index is 11.6. The zero-order valence-electron chi connectivity index (χ0n) is 11.1. The summed E-state index contributed by atoms with van der Waals surface area (Å²) in [6.07, 6.45) is -0.939. The van der Waals surface area contributed by atoms with Crippen molar-refractivity contribution in [1.82, 2.24) is 0 Å². The van der Waals surface area contributed by atoms with Gasteiger partial charge in [0.05, 0.1) is 35.8 Å². The van der Waals surface area contributed by atoms with E-state index in [1.807, 2.05) is 0 Å². The molecule has 2 atom stereocenters. The summed E-state index contributed by atoms with van der Waals surface area (Å²) in [6, 6.07) is 6.02. The van der Waals surface area contributed by atoms with E-state index in [4.69, 9.17) is 4.74 Å². The minimum absolute atomic E-state index is 0.113. The molecule has 110 valence electrons. The maximum absolute atomic E-state index is 11.6. The molecular formula is C13H17NO5S. The number of benzene rings is 1. The summed E-state index contributed by atoms with van der Waals surface area (Å²) in [6.45, 7) is 2.01. The first-order valence-corrected chi connectivity index (χ1v) is 8.15. The number of hydrogen-bond donors (Lipinski definition) is 2. The molecule has 2 rings (SSSR count). The molecule has 2 N–H and O–H groups in total. The fourth-order valence-corrected chi connectivity index (χ4v) is 3.87. The highest BCUT2D eigenvalue weighted by Gasteiger charge is 2.36. The van der Waals surface area contributed by atoms with E-state index in [1.165, 1.54) is 0 Å². The second kappa shape index (κ2) is 5.80. The first-order chi connectivity index (χ1) is 9.41. The highest BCUT2D eigenvalue weighted by Crippen LogP contribution is 2.19. The van der Waals surface area contributed by atoms with Crippen LogP contribution in [0.15, 0.2) is 24.3 Å². The number of hydrogen-bond acceptors (Lipinski definition) is 6. The molecule has 20 heavy (non-hydrogen) atoms. The number of carbonyl (C=O) groups is 1. The van der Waals surface area contributed by atoms with E-state index in [0.29, 0.717) is 11.3 Å². The van der Waals surface area contributed by atoms with Crippen LogP contribution in [0.2, 0.25) is 0 Å². The molecule has 0 amide bonds. The maximum Gasteiger partial charge on any atom is 0.338 e. The van der Waals surface area contributed by atoms with E-state index >= 15 is 0 Å². The lowest BCUT2D eigenvalue weighted by atomic mass is 10.1. The van der Waals surface area contributed by atoms with Gasteiger partial charge in [-0.15, -0.1) is 0 Å². The Balaban J connectivity index is 2.11. The Labute approximate surface area is 117 Å². The van der Waals surface area contributed by atoms with Crippen molar-refractivity contribution < 1.29 is 23.1 Å². The fraction of sp³-hybridized carbons (Fsp3) is 0.462. The SMILES string of the molecule is CCOC(=O)c1cccc(N[C@H]2CS(=O)(=O)C[C@H]2O)c1. The monoisotopic (exact) mass is 299 g/mol. The fourth-order valence-electron chi connectivity index (χ4n) is 2.13. The van der Waals surface area contributed by atoms with Crippen molar-refractivity contribution in [3.63, 3.8) is 0 Å². The third-order valence-corrected chi connectivity index (χ3v) is 4.76. The van der Waals surface area contributed by atoms with Crippen LogP contribution in [0, 0.1) is 0 Å². The largest absolute Gasteiger partial charge is 0.462 e. The lowest BCUT2D eigenvalue weighted by Crippen LogP contribution is -2.31. The molecule has 1 aliphatic heterocycles. The minimum atomic E-state index is -3.20. The Morgan fingerprint density at radius 1 is 1.45 bits per heavy atom. The average molecular weight is 299 g/mol. The molecule has 0 bridgehead atoms. The summed E-state index contributed by atoms with van der Waals surface area (Å²) >= 11 is 0. The predicted octanol–water partition coefficient (Wildman–Crippen LogP) is 0.433. The van der Waals surface area contributed by atoms with Gasteiger partial charge in [0.2, 0.25) is 0 Å². The Kier molecular flexibility index (Phi) is 4.29. The third kappa shape index (κ3) is 3.49. The number of nitrogens with one attached hydrogen (secondary N) is 1. The van der Waals surface area contributed by atoms with Crippen molar-refractivity contribution in [3.05, 3.63) is 29.8 Å². The van der Waals surface area contributed by atoms with Gasteiger partial charge in [0, 0.05) is 5.69 Å². The molecule has 1 saturated heterocycles. The standard InChI is InChI=1S/C13H17NO5S/c1-2-19-13(16)9-4-3-5-10(6-9)14-11-7-20(17,18)8-12(11)15/h3-6,11-12,14-15H,2,7-8H2,1H3/t11-,12+/m0/s1. The minimum Gasteiger partial charge on any atom is -0.462 e. The van der Waals surface area contributed by atoms with Crippen LogP contribution in [0.1, 0.15) is 17.3 Å². The van der Waals surface area contributed by atoms with E-state index in [2.05, 4.69) is 5.32 Å². The Morgan fingerprint density at radius 3 is 2.80 bits per heavy atom. The number of aliphatic hydroxyl groups is 1. The van der Waals surface area contributed by atoms with Gasteiger partial charge in [-0.25, -0.2) is 13.2 Å². The highest BCUT2D eigenvalue weighted by atomic mass is 32.2. The quantitative estimate of drug-likeness (QED) is 0.783. The van der Waals surface area contributed by atoms with Gasteiger partial charge >= 0.3 is 5.97 Å². The zero-order chi connectivity index (χ0) is 14.8. The number of carbonyl (C=O) groups excluding carboxylic acids is 1. The summed E-state index contributed by atoms with van der Waals surface area (Å²) < 4.78 is 27.8. The summed E-state index contributed by atoms with van der Waals surface area (Å²) in [7, 11) is -3.20. The molecule has 1 aromatic rings. The summed E-state index contributed by atoms with van der Waals surface area (Å²) in [5.74, 6) is -0.782. The Hall–Kier alpha value is -1.60. The van der Waals surface area contributed by atoms with Gasteiger partial charge in [-0.05, 0) is 25.1 Å². The molecule has 0 unspecified atom stereocenters. The molecule has 0 aliphatic carbocycles. The van der Waals surface area contributed by atoms with Crippen LogP contribution in [0.25, 0.3) is 0 Å². The van der Waals surface area contributed by atoms with E-state index in [9.17, 15) is 18.3 Å². The van der Waals surface area contributed by atoms with E-state index in [0.717, 1.165) is 0 Å². The molecule has 6 nitrogen and oxygen atoms in total. The predicted molar refractivity (Wildman–Crippen MR) is 74.5 cm³/mol. The molecule has 0 aromatic heterocycles. The van der Waals surface area contributed by atoms with Crippen LogP contribution in [-0.4, -0.2) is 49.8 Å². The van der Waals surface area contributed by atoms with Crippen molar-refractivity contribution >= 4 is 21.5 Å². The molecule has 1 aliphatic rings. The second-order valence-electron chi connectivity index (χ2n) is 4.70. The number of esters is 1. The van der Waals surface area contributed by atoms with Crippen molar-refractivity contribution in [2.45, 2.75) is 19.1 Å². The third-order valence-electron chi connectivity index (χ3n) is 3.05. The van der Waals surface area contributed by atoms with Crippen LogP contribution in [0.3, 0.4) is 0 Å². The number of rotatable bonds is 4. The molecule has 7 heteroatoms. The van der Waals surface area contributed by atoms with Gasteiger partial charge in [0.1, 0.15) is 0 Å². The highest BCUT2D eigenvalue weighted by molar-refractivity contribution is 7.91. The van der Waals surface area contributed by atoms with Gasteiger partial charge in [-0.2, -0.15) is 0 Å².